The molecule has 0 aliphatic carbocycles. The Morgan fingerprint density at radius 2 is 2.04 bits per heavy atom. The Labute approximate surface area is 138 Å². The number of thiazole rings is 1. The summed E-state index contributed by atoms with van der Waals surface area (Å²) in [7, 11) is 1.33. The van der Waals surface area contributed by atoms with E-state index in [2.05, 4.69) is 20.4 Å². The number of carbonyl (C=O) groups excluding carboxylic acids is 2. The van der Waals surface area contributed by atoms with Gasteiger partial charge in [0.15, 0.2) is 0 Å². The van der Waals surface area contributed by atoms with E-state index in [4.69, 9.17) is 0 Å². The molecule has 1 aromatic heterocycles. The van der Waals surface area contributed by atoms with Crippen molar-refractivity contribution in [2.75, 3.05) is 12.4 Å². The second-order valence-corrected chi connectivity index (χ2v) is 6.06. The number of anilines is 1. The first-order valence-electron chi connectivity index (χ1n) is 7.09. The van der Waals surface area contributed by atoms with Crippen LogP contribution in [0.5, 0.6) is 0 Å². The Morgan fingerprint density at radius 3 is 2.61 bits per heavy atom. The summed E-state index contributed by atoms with van der Waals surface area (Å²) in [5, 5.41) is 8.42. The number of urea groups is 1. The molecular formula is C16H19N3O3S. The summed E-state index contributed by atoms with van der Waals surface area (Å²) in [4.78, 5) is 27.9. The van der Waals surface area contributed by atoms with Crippen LogP contribution in [0.25, 0.3) is 0 Å². The van der Waals surface area contributed by atoms with Crippen LogP contribution in [0.3, 0.4) is 0 Å². The fourth-order valence-corrected chi connectivity index (χ4v) is 2.84. The lowest BCUT2D eigenvalue weighted by atomic mass is 10.1. The molecule has 122 valence electrons. The molecule has 0 saturated heterocycles. The quantitative estimate of drug-likeness (QED) is 0.840. The number of nitrogens with one attached hydrogen (secondary N) is 2. The summed E-state index contributed by atoms with van der Waals surface area (Å²) >= 11 is 1.51. The first-order chi connectivity index (χ1) is 10.9. The number of nitrogens with zero attached hydrogens (tertiary/aromatic N) is 1. The van der Waals surface area contributed by atoms with Crippen molar-refractivity contribution in [1.82, 2.24) is 10.3 Å². The number of aromatic nitrogens is 1. The highest BCUT2D eigenvalue weighted by molar-refractivity contribution is 7.09. The van der Waals surface area contributed by atoms with Crippen LogP contribution >= 0.6 is 11.3 Å². The molecule has 2 N–H and O–H groups in total. The molecule has 0 unspecified atom stereocenters. The summed E-state index contributed by atoms with van der Waals surface area (Å²) in [5.41, 5.74) is 2.80. The third kappa shape index (κ3) is 4.29. The minimum absolute atomic E-state index is 0.177. The molecule has 0 spiro atoms. The van der Waals surface area contributed by atoms with Gasteiger partial charge >= 0.3 is 12.0 Å². The van der Waals surface area contributed by atoms with E-state index in [0.717, 1.165) is 16.3 Å². The SMILES string of the molecule is COC(=O)c1ccc(NC(=O)N[C@@H](C)c2nc(C)cs2)c(C)c1. The van der Waals surface area contributed by atoms with E-state index in [1.54, 1.807) is 18.2 Å². The van der Waals surface area contributed by atoms with Crippen molar-refractivity contribution in [2.24, 2.45) is 0 Å². The molecule has 0 saturated carbocycles. The molecule has 0 aliphatic rings. The molecule has 2 aromatic rings. The zero-order chi connectivity index (χ0) is 17.0. The van der Waals surface area contributed by atoms with E-state index in [9.17, 15) is 9.59 Å². The van der Waals surface area contributed by atoms with Crippen LogP contribution in [0, 0.1) is 13.8 Å². The molecule has 0 bridgehead atoms. The minimum atomic E-state index is -0.406. The number of carbonyl (C=O) groups is 2. The zero-order valence-electron chi connectivity index (χ0n) is 13.5. The molecule has 0 fully saturated rings. The van der Waals surface area contributed by atoms with Gasteiger partial charge in [0.1, 0.15) is 5.01 Å². The molecule has 23 heavy (non-hydrogen) atoms. The van der Waals surface area contributed by atoms with Gasteiger partial charge in [0.05, 0.1) is 18.7 Å². The highest BCUT2D eigenvalue weighted by Crippen LogP contribution is 2.19. The molecule has 7 heteroatoms. The van der Waals surface area contributed by atoms with Crippen molar-refractivity contribution in [2.45, 2.75) is 26.8 Å². The monoisotopic (exact) mass is 333 g/mol. The Kier molecular flexibility index (Phi) is 5.33. The molecule has 1 atom stereocenters. The van der Waals surface area contributed by atoms with Crippen LogP contribution in [-0.4, -0.2) is 24.1 Å². The van der Waals surface area contributed by atoms with Gasteiger partial charge in [-0.1, -0.05) is 0 Å². The van der Waals surface area contributed by atoms with Gasteiger partial charge in [-0.2, -0.15) is 0 Å². The van der Waals surface area contributed by atoms with Crippen molar-refractivity contribution in [3.8, 4) is 0 Å². The van der Waals surface area contributed by atoms with Crippen LogP contribution in [0.4, 0.5) is 10.5 Å². The minimum Gasteiger partial charge on any atom is -0.465 e. The summed E-state index contributed by atoms with van der Waals surface area (Å²) in [5.74, 6) is -0.406. The van der Waals surface area contributed by atoms with Gasteiger partial charge in [0.25, 0.3) is 0 Å². The van der Waals surface area contributed by atoms with Crippen LogP contribution < -0.4 is 10.6 Å². The number of esters is 1. The Morgan fingerprint density at radius 1 is 1.30 bits per heavy atom. The summed E-state index contributed by atoms with van der Waals surface area (Å²) < 4.78 is 4.67. The van der Waals surface area contributed by atoms with Gasteiger partial charge in [0.2, 0.25) is 0 Å². The maximum absolute atomic E-state index is 12.1. The van der Waals surface area contributed by atoms with Gasteiger partial charge in [0, 0.05) is 16.8 Å². The van der Waals surface area contributed by atoms with Crippen LogP contribution in [0.2, 0.25) is 0 Å². The first kappa shape index (κ1) is 17.0. The van der Waals surface area contributed by atoms with Crippen molar-refractivity contribution in [3.63, 3.8) is 0 Å². The Balaban J connectivity index is 2.01. The molecule has 2 rings (SSSR count). The fraction of sp³-hybridized carbons (Fsp3) is 0.312. The van der Waals surface area contributed by atoms with Gasteiger partial charge in [-0.05, 0) is 44.5 Å². The van der Waals surface area contributed by atoms with Gasteiger partial charge in [-0.15, -0.1) is 11.3 Å². The third-order valence-electron chi connectivity index (χ3n) is 3.25. The molecule has 0 radical (unpaired) electrons. The number of hydrogen-bond acceptors (Lipinski definition) is 5. The van der Waals surface area contributed by atoms with Crippen molar-refractivity contribution in [1.29, 1.82) is 0 Å². The molecule has 1 aromatic carbocycles. The van der Waals surface area contributed by atoms with Gasteiger partial charge in [-0.3, -0.25) is 0 Å². The predicted molar refractivity (Wildman–Crippen MR) is 89.9 cm³/mol. The number of hydrogen-bond donors (Lipinski definition) is 2. The average molecular weight is 333 g/mol. The highest BCUT2D eigenvalue weighted by Gasteiger charge is 2.14. The summed E-state index contributed by atoms with van der Waals surface area (Å²) in [6.07, 6.45) is 0. The third-order valence-corrected chi connectivity index (χ3v) is 4.40. The molecule has 0 aliphatic heterocycles. The lowest BCUT2D eigenvalue weighted by Gasteiger charge is -2.14. The van der Waals surface area contributed by atoms with Crippen molar-refractivity contribution < 1.29 is 14.3 Å². The van der Waals surface area contributed by atoms with Crippen molar-refractivity contribution >= 4 is 29.0 Å². The van der Waals surface area contributed by atoms with Crippen LogP contribution in [0.1, 0.15) is 39.6 Å². The summed E-state index contributed by atoms with van der Waals surface area (Å²) in [6.45, 7) is 5.61. The molecule has 1 heterocycles. The number of rotatable bonds is 4. The zero-order valence-corrected chi connectivity index (χ0v) is 14.3. The number of benzene rings is 1. The van der Waals surface area contributed by atoms with E-state index in [1.165, 1.54) is 18.4 Å². The van der Waals surface area contributed by atoms with E-state index in [0.29, 0.717) is 11.3 Å². The summed E-state index contributed by atoms with van der Waals surface area (Å²) in [6, 6.07) is 4.47. The van der Waals surface area contributed by atoms with Crippen LogP contribution in [0.15, 0.2) is 23.6 Å². The van der Waals surface area contributed by atoms with E-state index in [1.807, 2.05) is 26.2 Å². The number of amides is 2. The maximum Gasteiger partial charge on any atom is 0.337 e. The lowest BCUT2D eigenvalue weighted by molar-refractivity contribution is 0.0600. The Bertz CT molecular complexity index is 727. The standard InChI is InChI=1S/C16H19N3O3S/c1-9-7-12(15(20)22-4)5-6-13(9)19-16(21)18-11(3)14-17-10(2)8-23-14/h5-8,11H,1-4H3,(H2,18,19,21)/t11-/m0/s1. The number of ether oxygens (including phenoxy) is 1. The number of methoxy groups -OCH3 is 1. The van der Waals surface area contributed by atoms with Gasteiger partial charge in [-0.25, -0.2) is 14.6 Å². The lowest BCUT2D eigenvalue weighted by Crippen LogP contribution is -2.31. The number of aryl methyl sites for hydroxylation is 2. The van der Waals surface area contributed by atoms with Crippen molar-refractivity contribution in [3.05, 3.63) is 45.4 Å². The Hall–Kier alpha value is -2.41. The first-order valence-corrected chi connectivity index (χ1v) is 7.97. The second kappa shape index (κ2) is 7.23. The topological polar surface area (TPSA) is 80.3 Å². The van der Waals surface area contributed by atoms with Crippen LogP contribution in [-0.2, 0) is 4.74 Å². The molecule has 2 amide bonds. The predicted octanol–water partition coefficient (Wildman–Crippen LogP) is 3.43. The largest absolute Gasteiger partial charge is 0.465 e. The fourth-order valence-electron chi connectivity index (χ4n) is 2.04. The average Bonchev–Trinajstić information content (AvgIpc) is 2.95. The van der Waals surface area contributed by atoms with E-state index >= 15 is 0 Å². The second-order valence-electron chi connectivity index (χ2n) is 5.17. The smallest absolute Gasteiger partial charge is 0.337 e. The van der Waals surface area contributed by atoms with Gasteiger partial charge < -0.3 is 15.4 Å². The molecular weight excluding hydrogens is 314 g/mol. The highest BCUT2D eigenvalue weighted by atomic mass is 32.1. The molecule has 6 nitrogen and oxygen atoms in total. The van der Waals surface area contributed by atoms with E-state index in [-0.39, 0.29) is 12.1 Å². The van der Waals surface area contributed by atoms with E-state index < -0.39 is 5.97 Å². The normalized spacial score (nSPS) is 11.7. The maximum atomic E-state index is 12.1.